The van der Waals surface area contributed by atoms with Gasteiger partial charge in [-0.2, -0.15) is 0 Å². The minimum atomic E-state index is -1.40. The summed E-state index contributed by atoms with van der Waals surface area (Å²) in [6, 6.07) is 31.9. The molecular weight excluding hydrogens is 1040 g/mol. The van der Waals surface area contributed by atoms with Crippen LogP contribution in [0, 0.1) is 11.8 Å². The smallest absolute Gasteiger partial charge is 0.340 e. The van der Waals surface area contributed by atoms with Gasteiger partial charge < -0.3 is 49.3 Å². The van der Waals surface area contributed by atoms with Crippen molar-refractivity contribution in [2.24, 2.45) is 11.8 Å². The SMILES string of the molecule is CCc1cccc(N(CC)C(=O)Cn2c(C(=O)CC3CCC(C(=O)NCCCCCCCCNC(=O)CCOCCOCCCC(=O)c4ccc5c(c4)C(=O)OC54c5ccc(O)cc5Oc5cc(O)ccc54)CC3)cc3ccccc32)c1. The molecule has 0 bridgehead atoms. The maximum atomic E-state index is 13.9. The van der Waals surface area contributed by atoms with Gasteiger partial charge in [-0.05, 0) is 124 Å². The number of carbonyl (C=O) groups excluding carboxylic acids is 6. The van der Waals surface area contributed by atoms with Crippen LogP contribution in [0.4, 0.5) is 5.69 Å². The summed E-state index contributed by atoms with van der Waals surface area (Å²) in [4.78, 5) is 81.6. The molecule has 3 amide bonds. The number of aromatic hydroxyl groups is 2. The molecule has 0 unspecified atom stereocenters. The number of anilines is 1. The number of likely N-dealkylation sites (N-methyl/N-ethyl adjacent to an activating group) is 1. The summed E-state index contributed by atoms with van der Waals surface area (Å²) < 4.78 is 25.3. The van der Waals surface area contributed by atoms with Crippen LogP contribution in [0.2, 0.25) is 0 Å². The highest BCUT2D eigenvalue weighted by molar-refractivity contribution is 6.03. The van der Waals surface area contributed by atoms with E-state index in [0.717, 1.165) is 87.2 Å². The summed E-state index contributed by atoms with van der Waals surface area (Å²) in [5, 5.41) is 27.4. The number of para-hydroxylation sites is 1. The molecule has 1 saturated carbocycles. The summed E-state index contributed by atoms with van der Waals surface area (Å²) in [5.41, 5.74) is 4.21. The fourth-order valence-electron chi connectivity index (χ4n) is 11.7. The minimum Gasteiger partial charge on any atom is -0.508 e. The van der Waals surface area contributed by atoms with Crippen molar-refractivity contribution < 1.29 is 57.9 Å². The third-order valence-corrected chi connectivity index (χ3v) is 16.2. The zero-order valence-corrected chi connectivity index (χ0v) is 47.2. The van der Waals surface area contributed by atoms with E-state index in [4.69, 9.17) is 18.9 Å². The number of hydrogen-bond donors (Lipinski definition) is 4. The Kier molecular flexibility index (Phi) is 19.9. The van der Waals surface area contributed by atoms with E-state index in [0.29, 0.717) is 80.2 Å². The summed E-state index contributed by atoms with van der Waals surface area (Å²) in [6.07, 6.45) is 11.3. The number of ether oxygens (including phenoxy) is 4. The third-order valence-electron chi connectivity index (χ3n) is 16.2. The van der Waals surface area contributed by atoms with Crippen molar-refractivity contribution >= 4 is 51.8 Å². The molecular formula is C66H76N4O12. The molecule has 1 spiro atoms. The van der Waals surface area contributed by atoms with Crippen LogP contribution in [0.5, 0.6) is 23.0 Å². The molecule has 6 aromatic rings. The lowest BCUT2D eigenvalue weighted by molar-refractivity contribution is -0.126. The van der Waals surface area contributed by atoms with E-state index in [2.05, 4.69) is 29.7 Å². The normalized spacial score (nSPS) is 15.7. The largest absolute Gasteiger partial charge is 0.508 e. The van der Waals surface area contributed by atoms with Gasteiger partial charge in [0.25, 0.3) is 0 Å². The predicted octanol–water partition coefficient (Wildman–Crippen LogP) is 11.3. The van der Waals surface area contributed by atoms with Crippen LogP contribution < -0.4 is 20.3 Å². The van der Waals surface area contributed by atoms with Gasteiger partial charge in [-0.1, -0.05) is 75.1 Å². The minimum absolute atomic E-state index is 0.0363. The van der Waals surface area contributed by atoms with E-state index in [1.54, 1.807) is 35.2 Å². The Morgan fingerprint density at radius 2 is 1.34 bits per heavy atom. The maximum absolute atomic E-state index is 13.9. The molecule has 16 heteroatoms. The molecule has 1 fully saturated rings. The first-order valence-corrected chi connectivity index (χ1v) is 29.3. The Labute approximate surface area is 479 Å². The fourth-order valence-corrected chi connectivity index (χ4v) is 11.7. The van der Waals surface area contributed by atoms with Crippen molar-refractivity contribution in [3.8, 4) is 23.0 Å². The standard InChI is InChI=1S/C66H76N4O12/c1-3-44-15-13-17-49(37-44)69(4-2)63(76)43-70-56-18-10-9-16-47(56)40-57(70)59(74)38-45-20-22-46(23-21-45)64(77)68-32-12-8-6-5-7-11-31-67-62(75)30-34-80-36-35-79-33-14-19-58(73)48-24-27-53-52(39-48)65(78)82-66(53)54-28-25-50(71)41-60(54)81-61-42-51(72)26-29-55(61)66/h9-10,13,15-18,24-29,37,39-42,45-46,71-72H,3-8,11-12,14,19-23,30-36,38,43H2,1-2H3,(H,67,75)(H,68,77). The average Bonchev–Trinajstić information content (AvgIpc) is 1.92. The van der Waals surface area contributed by atoms with Crippen LogP contribution in [0.1, 0.15) is 157 Å². The Balaban J connectivity index is 0.578. The van der Waals surface area contributed by atoms with E-state index in [9.17, 15) is 39.0 Å². The number of amides is 3. The molecule has 3 heterocycles. The molecule has 82 heavy (non-hydrogen) atoms. The van der Waals surface area contributed by atoms with Crippen LogP contribution in [0.3, 0.4) is 0 Å². The molecule has 0 atom stereocenters. The van der Waals surface area contributed by atoms with Crippen molar-refractivity contribution in [2.75, 3.05) is 51.0 Å². The van der Waals surface area contributed by atoms with Gasteiger partial charge in [0.2, 0.25) is 17.7 Å². The number of hydrogen-bond acceptors (Lipinski definition) is 12. The molecule has 0 radical (unpaired) electrons. The Morgan fingerprint density at radius 1 is 0.671 bits per heavy atom. The van der Waals surface area contributed by atoms with Crippen LogP contribution in [-0.4, -0.2) is 96.1 Å². The molecule has 0 saturated heterocycles. The summed E-state index contributed by atoms with van der Waals surface area (Å²) in [5.74, 6) is -0.110. The van der Waals surface area contributed by atoms with Crippen LogP contribution in [0.25, 0.3) is 10.9 Å². The number of phenols is 2. The monoisotopic (exact) mass is 1120 g/mol. The lowest BCUT2D eigenvalue weighted by Crippen LogP contribution is -2.35. The molecule has 16 nitrogen and oxygen atoms in total. The highest BCUT2D eigenvalue weighted by Gasteiger charge is 2.54. The summed E-state index contributed by atoms with van der Waals surface area (Å²) in [6.45, 7) is 7.17. The Bertz CT molecular complexity index is 3220. The highest BCUT2D eigenvalue weighted by atomic mass is 16.6. The molecule has 9 rings (SSSR count). The number of ketones is 2. The van der Waals surface area contributed by atoms with Gasteiger partial charge >= 0.3 is 5.97 Å². The van der Waals surface area contributed by atoms with E-state index in [1.165, 1.54) is 29.8 Å². The fraction of sp³-hybridized carbons (Fsp3) is 0.424. The van der Waals surface area contributed by atoms with Crippen molar-refractivity contribution in [2.45, 2.75) is 122 Å². The van der Waals surface area contributed by atoms with Gasteiger partial charge in [0.15, 0.2) is 17.2 Å². The number of carbonyl (C=O) groups is 6. The second-order valence-corrected chi connectivity index (χ2v) is 21.7. The summed E-state index contributed by atoms with van der Waals surface area (Å²) >= 11 is 0. The first kappa shape index (κ1) is 58.8. The van der Waals surface area contributed by atoms with Crippen LogP contribution in [-0.2, 0) is 47.2 Å². The van der Waals surface area contributed by atoms with Gasteiger partial charge in [0.1, 0.15) is 29.5 Å². The van der Waals surface area contributed by atoms with Crippen LogP contribution in [0.15, 0.2) is 109 Å². The maximum Gasteiger partial charge on any atom is 0.340 e. The number of nitrogens with one attached hydrogen (secondary N) is 2. The predicted molar refractivity (Wildman–Crippen MR) is 312 cm³/mol. The van der Waals surface area contributed by atoms with Gasteiger partial charge in [-0.15, -0.1) is 0 Å². The van der Waals surface area contributed by atoms with E-state index in [1.807, 2.05) is 54.0 Å². The number of aromatic nitrogens is 1. The van der Waals surface area contributed by atoms with Gasteiger partial charge in [-0.25, -0.2) is 4.79 Å². The molecule has 1 aliphatic carbocycles. The van der Waals surface area contributed by atoms with Crippen molar-refractivity contribution in [1.82, 2.24) is 15.2 Å². The lowest BCUT2D eigenvalue weighted by atomic mass is 9.77. The van der Waals surface area contributed by atoms with E-state index < -0.39 is 11.6 Å². The number of benzene rings is 5. The Morgan fingerprint density at radius 3 is 2.05 bits per heavy atom. The number of unbranched alkanes of at least 4 members (excludes halogenated alkanes) is 5. The van der Waals surface area contributed by atoms with E-state index >= 15 is 0 Å². The zero-order chi connectivity index (χ0) is 57.6. The zero-order valence-electron chi connectivity index (χ0n) is 47.2. The van der Waals surface area contributed by atoms with Gasteiger partial charge in [0, 0.05) is 102 Å². The average molecular weight is 1120 g/mol. The number of Topliss-reactive ketones (excluding diaryl/α,β-unsaturated/α-hetero) is 2. The molecule has 2 aliphatic heterocycles. The number of fused-ring (bicyclic) bond motifs is 7. The van der Waals surface area contributed by atoms with Gasteiger partial charge in [0.05, 0.1) is 31.1 Å². The molecule has 1 aromatic heterocycles. The second kappa shape index (κ2) is 27.8. The number of aryl methyl sites for hydroxylation is 1. The van der Waals surface area contributed by atoms with Crippen molar-refractivity contribution in [3.63, 3.8) is 0 Å². The number of nitrogens with zero attached hydrogens (tertiary/aromatic N) is 2. The summed E-state index contributed by atoms with van der Waals surface area (Å²) in [7, 11) is 0. The first-order chi connectivity index (χ1) is 39.9. The topological polar surface area (TPSA) is 212 Å². The first-order valence-electron chi connectivity index (χ1n) is 29.3. The van der Waals surface area contributed by atoms with E-state index in [-0.39, 0.29) is 95.7 Å². The number of phenolic OH excluding ortho intramolecular Hbond substituents is 2. The number of esters is 1. The second-order valence-electron chi connectivity index (χ2n) is 21.7. The van der Waals surface area contributed by atoms with Crippen molar-refractivity contribution in [1.29, 1.82) is 0 Å². The number of rotatable bonds is 29. The lowest BCUT2D eigenvalue weighted by Gasteiger charge is -2.36. The molecule has 4 N–H and O–H groups in total. The highest BCUT2D eigenvalue weighted by Crippen LogP contribution is 2.57. The van der Waals surface area contributed by atoms with Crippen LogP contribution >= 0.6 is 0 Å². The molecule has 3 aliphatic rings. The van der Waals surface area contributed by atoms with Gasteiger partial charge in [-0.3, -0.25) is 24.0 Å². The molecule has 432 valence electrons. The molecule has 5 aromatic carbocycles. The quantitative estimate of drug-likeness (QED) is 0.0196. The Hall–Kier alpha value is -7.82. The van der Waals surface area contributed by atoms with Crippen molar-refractivity contribution in [3.05, 3.63) is 148 Å². The third kappa shape index (κ3) is 13.9.